The van der Waals surface area contributed by atoms with E-state index >= 15 is 0 Å². The van der Waals surface area contributed by atoms with Crippen molar-refractivity contribution in [2.24, 2.45) is 0 Å². The molecule has 0 aliphatic carbocycles. The molecule has 0 aromatic heterocycles. The molecule has 0 spiro atoms. The van der Waals surface area contributed by atoms with Gasteiger partial charge < -0.3 is 15.0 Å². The third-order valence-corrected chi connectivity index (χ3v) is 3.42. The molecule has 1 aliphatic rings. The summed E-state index contributed by atoms with van der Waals surface area (Å²) in [7, 11) is 0. The first-order chi connectivity index (χ1) is 8.75. The molecule has 3 heteroatoms. The van der Waals surface area contributed by atoms with Gasteiger partial charge in [-0.3, -0.25) is 0 Å². The summed E-state index contributed by atoms with van der Waals surface area (Å²) in [5, 5.41) is 3.46. The third kappa shape index (κ3) is 4.00. The molecule has 0 amide bonds. The predicted octanol–water partition coefficient (Wildman–Crippen LogP) is 2.06. The van der Waals surface area contributed by atoms with Crippen molar-refractivity contribution >= 4 is 0 Å². The van der Waals surface area contributed by atoms with Crippen molar-refractivity contribution < 1.29 is 4.74 Å². The van der Waals surface area contributed by atoms with E-state index in [1.807, 2.05) is 18.2 Å². The van der Waals surface area contributed by atoms with E-state index in [2.05, 4.69) is 30.1 Å². The zero-order chi connectivity index (χ0) is 12.8. The molecule has 0 saturated carbocycles. The smallest absolute Gasteiger partial charge is 0.122 e. The Bertz CT molecular complexity index is 367. The highest BCUT2D eigenvalue weighted by Crippen LogP contribution is 2.16. The van der Waals surface area contributed by atoms with Gasteiger partial charge in [0.2, 0.25) is 0 Å². The second kappa shape index (κ2) is 6.76. The Morgan fingerprint density at radius 3 is 3.00 bits per heavy atom. The highest BCUT2D eigenvalue weighted by molar-refractivity contribution is 5.31. The van der Waals surface area contributed by atoms with Crippen LogP contribution in [-0.2, 0) is 0 Å². The summed E-state index contributed by atoms with van der Waals surface area (Å²) in [4.78, 5) is 2.52. The van der Waals surface area contributed by atoms with Crippen LogP contribution in [0.3, 0.4) is 0 Å². The van der Waals surface area contributed by atoms with Crippen LogP contribution in [0.15, 0.2) is 24.3 Å². The van der Waals surface area contributed by atoms with Crippen LogP contribution in [0.1, 0.15) is 18.9 Å². The molecule has 1 N–H and O–H groups in total. The molecule has 100 valence electrons. The Hall–Kier alpha value is -1.06. The SMILES string of the molecule is Cc1ccccc1OCCCN1CCN[C@@H](C)C1. The minimum Gasteiger partial charge on any atom is -0.493 e. The summed E-state index contributed by atoms with van der Waals surface area (Å²) in [5.74, 6) is 1.02. The van der Waals surface area contributed by atoms with Gasteiger partial charge in [0.05, 0.1) is 6.61 Å². The zero-order valence-corrected chi connectivity index (χ0v) is 11.5. The Morgan fingerprint density at radius 1 is 1.39 bits per heavy atom. The first-order valence-corrected chi connectivity index (χ1v) is 6.90. The van der Waals surface area contributed by atoms with E-state index in [1.165, 1.54) is 5.56 Å². The number of para-hydroxylation sites is 1. The van der Waals surface area contributed by atoms with E-state index in [1.54, 1.807) is 0 Å². The fourth-order valence-corrected chi connectivity index (χ4v) is 2.40. The Balaban J connectivity index is 1.65. The molecule has 1 atom stereocenters. The monoisotopic (exact) mass is 248 g/mol. The van der Waals surface area contributed by atoms with Crippen molar-refractivity contribution in [2.75, 3.05) is 32.8 Å². The number of nitrogens with one attached hydrogen (secondary N) is 1. The lowest BCUT2D eigenvalue weighted by atomic mass is 10.2. The Labute approximate surface area is 110 Å². The maximum absolute atomic E-state index is 5.81. The highest BCUT2D eigenvalue weighted by Gasteiger charge is 2.14. The summed E-state index contributed by atoms with van der Waals surface area (Å²) >= 11 is 0. The molecular weight excluding hydrogens is 224 g/mol. The minimum absolute atomic E-state index is 0.621. The zero-order valence-electron chi connectivity index (χ0n) is 11.5. The predicted molar refractivity (Wildman–Crippen MR) is 75.2 cm³/mol. The number of aryl methyl sites for hydroxylation is 1. The molecule has 0 radical (unpaired) electrons. The van der Waals surface area contributed by atoms with Crippen molar-refractivity contribution in [3.63, 3.8) is 0 Å². The van der Waals surface area contributed by atoms with Crippen molar-refractivity contribution in [2.45, 2.75) is 26.3 Å². The Kier molecular flexibility index (Phi) is 5.02. The van der Waals surface area contributed by atoms with Crippen molar-refractivity contribution in [3.8, 4) is 5.75 Å². The van der Waals surface area contributed by atoms with E-state index < -0.39 is 0 Å². The van der Waals surface area contributed by atoms with Gasteiger partial charge in [0, 0.05) is 32.2 Å². The molecule has 1 saturated heterocycles. The van der Waals surface area contributed by atoms with Gasteiger partial charge in [0.1, 0.15) is 5.75 Å². The van der Waals surface area contributed by atoms with Crippen molar-refractivity contribution in [1.29, 1.82) is 0 Å². The standard InChI is InChI=1S/C15H24N2O/c1-13-6-3-4-7-15(13)18-11-5-9-17-10-8-16-14(2)12-17/h3-4,6-7,14,16H,5,8-12H2,1-2H3/t14-/m0/s1. The molecule has 1 aromatic carbocycles. The van der Waals surface area contributed by atoms with Crippen LogP contribution in [0, 0.1) is 6.92 Å². The molecule has 1 fully saturated rings. The number of hydrogen-bond donors (Lipinski definition) is 1. The third-order valence-electron chi connectivity index (χ3n) is 3.42. The maximum atomic E-state index is 5.81. The van der Waals surface area contributed by atoms with Crippen LogP contribution in [-0.4, -0.2) is 43.7 Å². The van der Waals surface area contributed by atoms with Crippen LogP contribution in [0.2, 0.25) is 0 Å². The summed E-state index contributed by atoms with van der Waals surface area (Å²) < 4.78 is 5.81. The summed E-state index contributed by atoms with van der Waals surface area (Å²) in [6.07, 6.45) is 1.10. The maximum Gasteiger partial charge on any atom is 0.122 e. The van der Waals surface area contributed by atoms with Gasteiger partial charge in [-0.1, -0.05) is 18.2 Å². The molecule has 3 nitrogen and oxygen atoms in total. The van der Waals surface area contributed by atoms with Crippen molar-refractivity contribution in [3.05, 3.63) is 29.8 Å². The second-order valence-electron chi connectivity index (χ2n) is 5.12. The number of benzene rings is 1. The quantitative estimate of drug-likeness (QED) is 0.807. The lowest BCUT2D eigenvalue weighted by Crippen LogP contribution is -2.49. The first-order valence-electron chi connectivity index (χ1n) is 6.90. The topological polar surface area (TPSA) is 24.5 Å². The lowest BCUT2D eigenvalue weighted by Gasteiger charge is -2.31. The van der Waals surface area contributed by atoms with Gasteiger partial charge >= 0.3 is 0 Å². The molecular formula is C15H24N2O. The normalized spacial score (nSPS) is 20.9. The average Bonchev–Trinajstić information content (AvgIpc) is 2.37. The molecule has 0 unspecified atom stereocenters. The fraction of sp³-hybridized carbons (Fsp3) is 0.600. The lowest BCUT2D eigenvalue weighted by molar-refractivity contribution is 0.189. The Morgan fingerprint density at radius 2 is 2.22 bits per heavy atom. The van der Waals surface area contributed by atoms with Gasteiger partial charge in [0.15, 0.2) is 0 Å². The van der Waals surface area contributed by atoms with Gasteiger partial charge in [-0.2, -0.15) is 0 Å². The molecule has 1 heterocycles. The molecule has 18 heavy (non-hydrogen) atoms. The molecule has 1 aromatic rings. The summed E-state index contributed by atoms with van der Waals surface area (Å²) in [5.41, 5.74) is 1.22. The van der Waals surface area contributed by atoms with E-state index in [0.29, 0.717) is 6.04 Å². The van der Waals surface area contributed by atoms with Crippen LogP contribution in [0.25, 0.3) is 0 Å². The summed E-state index contributed by atoms with van der Waals surface area (Å²) in [6, 6.07) is 8.83. The average molecular weight is 248 g/mol. The van der Waals surface area contributed by atoms with Crippen molar-refractivity contribution in [1.82, 2.24) is 10.2 Å². The number of rotatable bonds is 5. The van der Waals surface area contributed by atoms with Crippen LogP contribution in [0.5, 0.6) is 5.75 Å². The van der Waals surface area contributed by atoms with Crippen LogP contribution < -0.4 is 10.1 Å². The van der Waals surface area contributed by atoms with Gasteiger partial charge in [0.25, 0.3) is 0 Å². The molecule has 2 rings (SSSR count). The van der Waals surface area contributed by atoms with E-state index in [0.717, 1.165) is 45.0 Å². The number of piperazine rings is 1. The molecule has 0 bridgehead atoms. The number of nitrogens with zero attached hydrogens (tertiary/aromatic N) is 1. The van der Waals surface area contributed by atoms with Gasteiger partial charge in [-0.15, -0.1) is 0 Å². The minimum atomic E-state index is 0.621. The highest BCUT2D eigenvalue weighted by atomic mass is 16.5. The number of ether oxygens (including phenoxy) is 1. The van der Waals surface area contributed by atoms with Gasteiger partial charge in [-0.25, -0.2) is 0 Å². The van der Waals surface area contributed by atoms with E-state index in [-0.39, 0.29) is 0 Å². The molecule has 1 aliphatic heterocycles. The largest absolute Gasteiger partial charge is 0.493 e. The van der Waals surface area contributed by atoms with Crippen LogP contribution >= 0.6 is 0 Å². The van der Waals surface area contributed by atoms with Crippen LogP contribution in [0.4, 0.5) is 0 Å². The second-order valence-corrected chi connectivity index (χ2v) is 5.12. The fourth-order valence-electron chi connectivity index (χ4n) is 2.40. The van der Waals surface area contributed by atoms with Gasteiger partial charge in [-0.05, 0) is 31.9 Å². The number of hydrogen-bond acceptors (Lipinski definition) is 3. The summed E-state index contributed by atoms with van der Waals surface area (Å²) in [6.45, 7) is 9.71. The first kappa shape index (κ1) is 13.4. The van der Waals surface area contributed by atoms with E-state index in [9.17, 15) is 0 Å². The van der Waals surface area contributed by atoms with E-state index in [4.69, 9.17) is 4.74 Å².